The highest BCUT2D eigenvalue weighted by atomic mass is 79.9. The van der Waals surface area contributed by atoms with Gasteiger partial charge in [-0.3, -0.25) is 0 Å². The molecule has 2 nitrogen and oxygen atoms in total. The lowest BCUT2D eigenvalue weighted by molar-refractivity contribution is -0.583. The monoisotopic (exact) mass is 452 g/mol. The molecule has 3 heteroatoms. The third-order valence-electron chi connectivity index (χ3n) is 5.10. The number of aromatic nitrogens is 2. The van der Waals surface area contributed by atoms with E-state index < -0.39 is 0 Å². The summed E-state index contributed by atoms with van der Waals surface area (Å²) in [6.07, 6.45) is 2.19. The second-order valence-corrected chi connectivity index (χ2v) is 6.96. The predicted octanol–water partition coefficient (Wildman–Crippen LogP) is 3.09. The third-order valence-corrected chi connectivity index (χ3v) is 5.10. The zero-order valence-corrected chi connectivity index (χ0v) is 18.0. The molecule has 1 aromatic heterocycles. The molecule has 4 aromatic carbocycles. The minimum atomic E-state index is 0. The van der Waals surface area contributed by atoms with Crippen LogP contribution in [-0.2, 0) is 0 Å². The maximum absolute atomic E-state index is 2.28. The smallest absolute Gasteiger partial charge is 0.255 e. The van der Waals surface area contributed by atoms with Gasteiger partial charge in [-0.25, -0.2) is 0 Å². The number of nitrogens with zero attached hydrogens (tertiary/aromatic N) is 2. The van der Waals surface area contributed by atoms with Gasteiger partial charge in [0.15, 0.2) is 11.4 Å². The largest absolute Gasteiger partial charge is 1.00 e. The summed E-state index contributed by atoms with van der Waals surface area (Å²) in [7, 11) is 0. The molecule has 146 valence electrons. The fourth-order valence-electron chi connectivity index (χ4n) is 3.77. The first kappa shape index (κ1) is 19.9. The van der Waals surface area contributed by atoms with Crippen LogP contribution in [0.5, 0.6) is 0 Å². The molecule has 0 amide bonds. The Kier molecular flexibility index (Phi) is 5.92. The third kappa shape index (κ3) is 3.72. The van der Waals surface area contributed by atoms with Crippen LogP contribution in [0.4, 0.5) is 0 Å². The molecule has 0 aliphatic carbocycles. The summed E-state index contributed by atoms with van der Waals surface area (Å²) < 4.78 is 4.56. The summed E-state index contributed by atoms with van der Waals surface area (Å²) >= 11 is 0. The molecule has 0 bridgehead atoms. The number of para-hydroxylation sites is 2. The van der Waals surface area contributed by atoms with Crippen molar-refractivity contribution in [3.8, 4) is 33.9 Å². The molecular formula is C27H21BrN2. The Morgan fingerprint density at radius 2 is 0.967 bits per heavy atom. The topological polar surface area (TPSA) is 8.81 Å². The fraction of sp³-hybridized carbons (Fsp3) is 0. The highest BCUT2D eigenvalue weighted by molar-refractivity contribution is 5.78. The van der Waals surface area contributed by atoms with Crippen LogP contribution >= 0.6 is 0 Å². The second-order valence-electron chi connectivity index (χ2n) is 6.96. The molecule has 0 aliphatic heterocycles. The molecule has 0 saturated carbocycles. The van der Waals surface area contributed by atoms with Crippen molar-refractivity contribution < 1.29 is 21.5 Å². The zero-order valence-electron chi connectivity index (χ0n) is 16.4. The Morgan fingerprint density at radius 3 is 1.53 bits per heavy atom. The first-order valence-electron chi connectivity index (χ1n) is 9.80. The quantitative estimate of drug-likeness (QED) is 0.370. The van der Waals surface area contributed by atoms with Crippen molar-refractivity contribution in [2.24, 2.45) is 0 Å². The predicted molar refractivity (Wildman–Crippen MR) is 118 cm³/mol. The van der Waals surface area contributed by atoms with Crippen LogP contribution in [0.1, 0.15) is 0 Å². The normalized spacial score (nSPS) is 10.4. The molecule has 1 heterocycles. The molecule has 0 N–H and O–H groups in total. The van der Waals surface area contributed by atoms with E-state index in [0.29, 0.717) is 0 Å². The van der Waals surface area contributed by atoms with Gasteiger partial charge in [0.1, 0.15) is 11.4 Å². The van der Waals surface area contributed by atoms with E-state index in [4.69, 9.17) is 0 Å². The van der Waals surface area contributed by atoms with Crippen LogP contribution in [0.25, 0.3) is 33.9 Å². The average molecular weight is 453 g/mol. The minimum Gasteiger partial charge on any atom is -1.00 e. The molecular weight excluding hydrogens is 432 g/mol. The van der Waals surface area contributed by atoms with Gasteiger partial charge in [0, 0.05) is 11.1 Å². The van der Waals surface area contributed by atoms with E-state index in [1.807, 2.05) is 0 Å². The summed E-state index contributed by atoms with van der Waals surface area (Å²) in [5.74, 6) is 0. The van der Waals surface area contributed by atoms with Crippen molar-refractivity contribution in [2.75, 3.05) is 0 Å². The summed E-state index contributed by atoms with van der Waals surface area (Å²) in [6, 6.07) is 42.3. The SMILES string of the molecule is [Br-].c1ccc(-c2c(-c3ccccc3)[n+](-c3ccccc3)cn2-c2ccccc2)cc1. The molecule has 0 atom stereocenters. The van der Waals surface area contributed by atoms with Crippen LogP contribution in [0.3, 0.4) is 0 Å². The first-order valence-corrected chi connectivity index (χ1v) is 9.80. The van der Waals surface area contributed by atoms with Crippen LogP contribution in [0.2, 0.25) is 0 Å². The van der Waals surface area contributed by atoms with Crippen LogP contribution in [0.15, 0.2) is 128 Å². The Bertz CT molecular complexity index is 1120. The van der Waals surface area contributed by atoms with Crippen molar-refractivity contribution in [3.05, 3.63) is 128 Å². The van der Waals surface area contributed by atoms with Crippen molar-refractivity contribution >= 4 is 0 Å². The van der Waals surface area contributed by atoms with Crippen molar-refractivity contribution in [1.82, 2.24) is 4.57 Å². The number of imidazole rings is 1. The van der Waals surface area contributed by atoms with E-state index in [-0.39, 0.29) is 17.0 Å². The van der Waals surface area contributed by atoms with Crippen molar-refractivity contribution in [1.29, 1.82) is 0 Å². The molecule has 30 heavy (non-hydrogen) atoms. The van der Waals surface area contributed by atoms with E-state index in [1.54, 1.807) is 0 Å². The van der Waals surface area contributed by atoms with E-state index in [2.05, 4.69) is 137 Å². The van der Waals surface area contributed by atoms with E-state index in [0.717, 1.165) is 11.4 Å². The molecule has 0 fully saturated rings. The number of hydrogen-bond donors (Lipinski definition) is 0. The number of benzene rings is 4. The van der Waals surface area contributed by atoms with Gasteiger partial charge in [0.2, 0.25) is 0 Å². The maximum atomic E-state index is 2.28. The van der Waals surface area contributed by atoms with Crippen molar-refractivity contribution in [2.45, 2.75) is 0 Å². The number of halogens is 1. The number of rotatable bonds is 4. The summed E-state index contributed by atoms with van der Waals surface area (Å²) in [5.41, 5.74) is 6.99. The van der Waals surface area contributed by atoms with Gasteiger partial charge >= 0.3 is 0 Å². The van der Waals surface area contributed by atoms with E-state index >= 15 is 0 Å². The zero-order chi connectivity index (χ0) is 19.5. The Morgan fingerprint density at radius 1 is 0.500 bits per heavy atom. The van der Waals surface area contributed by atoms with Crippen LogP contribution in [-0.4, -0.2) is 4.57 Å². The van der Waals surface area contributed by atoms with Gasteiger partial charge in [-0.15, -0.1) is 0 Å². The Balaban J connectivity index is 0.00000218. The molecule has 0 unspecified atom stereocenters. The lowest BCUT2D eigenvalue weighted by Gasteiger charge is -2.06. The van der Waals surface area contributed by atoms with E-state index in [1.165, 1.54) is 22.5 Å². The van der Waals surface area contributed by atoms with Crippen molar-refractivity contribution in [3.63, 3.8) is 0 Å². The molecule has 0 spiro atoms. The molecule has 0 radical (unpaired) electrons. The maximum Gasteiger partial charge on any atom is 0.255 e. The summed E-state index contributed by atoms with van der Waals surface area (Å²) in [4.78, 5) is 0. The lowest BCUT2D eigenvalue weighted by atomic mass is 10.0. The minimum absolute atomic E-state index is 0. The van der Waals surface area contributed by atoms with Gasteiger partial charge in [-0.05, 0) is 24.3 Å². The lowest BCUT2D eigenvalue weighted by Crippen LogP contribution is -3.00. The molecule has 0 saturated heterocycles. The molecule has 5 aromatic rings. The first-order chi connectivity index (χ1) is 14.4. The van der Waals surface area contributed by atoms with Gasteiger partial charge < -0.3 is 17.0 Å². The van der Waals surface area contributed by atoms with Gasteiger partial charge in [0.25, 0.3) is 6.33 Å². The van der Waals surface area contributed by atoms with E-state index in [9.17, 15) is 0 Å². The average Bonchev–Trinajstić information content (AvgIpc) is 3.22. The van der Waals surface area contributed by atoms with Gasteiger partial charge in [0.05, 0.1) is 0 Å². The standard InChI is InChI=1S/C27H21N2.BrH/c1-5-13-22(14-6-1)26-27(23-15-7-2-8-16-23)29(25-19-11-4-12-20-25)21-28(26)24-17-9-3-10-18-24;/h1-21H;1H/q+1;/p-1. The molecule has 5 rings (SSSR count). The Hall–Kier alpha value is -3.43. The number of hydrogen-bond acceptors (Lipinski definition) is 0. The highest BCUT2D eigenvalue weighted by Gasteiger charge is 2.28. The molecule has 0 aliphatic rings. The van der Waals surface area contributed by atoms with Gasteiger partial charge in [-0.1, -0.05) is 97.1 Å². The van der Waals surface area contributed by atoms with Crippen LogP contribution < -0.4 is 21.5 Å². The van der Waals surface area contributed by atoms with Gasteiger partial charge in [-0.2, -0.15) is 9.13 Å². The summed E-state index contributed by atoms with van der Waals surface area (Å²) in [6.45, 7) is 0. The van der Waals surface area contributed by atoms with Crippen LogP contribution in [0, 0.1) is 0 Å². The Labute approximate surface area is 187 Å². The summed E-state index contributed by atoms with van der Waals surface area (Å²) in [5, 5.41) is 0. The highest BCUT2D eigenvalue weighted by Crippen LogP contribution is 2.33. The fourth-order valence-corrected chi connectivity index (χ4v) is 3.77. The second kappa shape index (κ2) is 8.93.